The van der Waals surface area contributed by atoms with Crippen LogP contribution in [0.25, 0.3) is 0 Å². The van der Waals surface area contributed by atoms with Crippen molar-refractivity contribution in [2.75, 3.05) is 0 Å². The molecule has 296 valence electrons. The summed E-state index contributed by atoms with van der Waals surface area (Å²) in [5.74, 6) is 0. The molecule has 0 heterocycles. The fraction of sp³-hybridized carbons (Fsp3) is 1.00. The van der Waals surface area contributed by atoms with E-state index < -0.39 is 18.1 Å². The maximum atomic E-state index is 10.4. The normalized spacial score (nSPS) is 21.6. The van der Waals surface area contributed by atoms with Crippen LogP contribution in [0.5, 0.6) is 0 Å². The van der Waals surface area contributed by atoms with Crippen molar-refractivity contribution in [3.8, 4) is 0 Å². The van der Waals surface area contributed by atoms with Gasteiger partial charge in [0.1, 0.15) is 0 Å². The summed E-state index contributed by atoms with van der Waals surface area (Å²) in [6.45, 7) is 23.5. The molecule has 0 radical (unpaired) electrons. The van der Waals surface area contributed by atoms with Crippen molar-refractivity contribution in [2.45, 2.75) is 235 Å². The maximum Gasteiger partial charge on any atom is 0.677 e. The Morgan fingerprint density at radius 2 is 0.571 bits per heavy atom. The van der Waals surface area contributed by atoms with Gasteiger partial charge in [0.05, 0.1) is 12.2 Å². The summed E-state index contributed by atoms with van der Waals surface area (Å²) in [5.41, 5.74) is 0. The van der Waals surface area contributed by atoms with E-state index >= 15 is 0 Å². The topological polar surface area (TPSA) is 136 Å². The van der Waals surface area contributed by atoms with Crippen LogP contribution in [0.3, 0.4) is 0 Å². The van der Waals surface area contributed by atoms with Crippen LogP contribution in [0.1, 0.15) is 186 Å². The monoisotopic (exact) mass is 818 g/mol. The molecule has 0 aromatic rings. The number of aliphatic hydroxyl groups excluding tert-OH is 2. The van der Waals surface area contributed by atoms with Crippen molar-refractivity contribution in [1.82, 2.24) is 0 Å². The first-order valence-electron chi connectivity index (χ1n) is 19.4. The zero-order valence-electron chi connectivity index (χ0n) is 33.7. The zero-order chi connectivity index (χ0) is 37.2. The molecule has 0 aromatic heterocycles. The summed E-state index contributed by atoms with van der Waals surface area (Å²) in [5, 5.41) is 17.8. The van der Waals surface area contributed by atoms with Gasteiger partial charge < -0.3 is 46.4 Å². The van der Waals surface area contributed by atoms with Gasteiger partial charge >= 0.3 is 18.1 Å². The fourth-order valence-corrected chi connectivity index (χ4v) is 8.74. The van der Waals surface area contributed by atoms with Crippen LogP contribution in [0.15, 0.2) is 0 Å². The first kappa shape index (κ1) is 54.3. The molecule has 10 nitrogen and oxygen atoms in total. The number of hydrogen-bond donors (Lipinski definition) is 4. The molecule has 2 saturated carbocycles. The Morgan fingerprint density at radius 3 is 0.673 bits per heavy atom. The van der Waals surface area contributed by atoms with Crippen molar-refractivity contribution in [1.29, 1.82) is 0 Å². The van der Waals surface area contributed by atoms with Gasteiger partial charge in [-0.15, -0.1) is 0 Å². The third kappa shape index (κ3) is 31.0. The fourth-order valence-electron chi connectivity index (χ4n) is 4.35. The van der Waals surface area contributed by atoms with E-state index in [9.17, 15) is 9.59 Å². The quantitative estimate of drug-likeness (QED) is 0.100. The zero-order valence-corrected chi connectivity index (χ0v) is 38.1. The second kappa shape index (κ2) is 32.4. The summed E-state index contributed by atoms with van der Waals surface area (Å²) in [6.07, 6.45) is 16.4. The van der Waals surface area contributed by atoms with Crippen LogP contribution in [0, 0.1) is 0 Å². The molecule has 0 saturated heterocycles. The van der Waals surface area contributed by atoms with E-state index in [1.54, 1.807) is 0 Å². The van der Waals surface area contributed by atoms with E-state index in [0.29, 0.717) is 0 Å². The van der Waals surface area contributed by atoms with Crippen molar-refractivity contribution in [3.63, 3.8) is 0 Å². The second-order valence-electron chi connectivity index (χ2n) is 13.7. The van der Waals surface area contributed by atoms with Crippen LogP contribution in [0.4, 0.5) is 0 Å². The summed E-state index contributed by atoms with van der Waals surface area (Å²) >= 11 is 0. The van der Waals surface area contributed by atoms with Crippen LogP contribution in [-0.2, 0) is 52.8 Å². The number of aliphatic hydroxyl groups is 2. The van der Waals surface area contributed by atoms with Gasteiger partial charge in [-0.3, -0.25) is 0 Å². The Bertz CT molecular complexity index is 597. The third-order valence-corrected chi connectivity index (χ3v) is 12.9. The third-order valence-electron chi connectivity index (χ3n) is 8.70. The Morgan fingerprint density at radius 1 is 0.408 bits per heavy atom. The molecule has 4 N–H and O–H groups in total. The van der Waals surface area contributed by atoms with Gasteiger partial charge in [0, 0.05) is 62.8 Å². The van der Waals surface area contributed by atoms with Gasteiger partial charge in [-0.05, 0) is 106 Å². The smallest absolute Gasteiger partial charge is 0.393 e. The molecular weight excluding hydrogens is 740 g/mol. The molecule has 0 spiro atoms. The minimum atomic E-state index is -3.50. The van der Waals surface area contributed by atoms with Gasteiger partial charge in [0.25, 0.3) is 0 Å². The molecule has 0 bridgehead atoms. The molecule has 0 amide bonds. The number of hydrogen-bond acceptors (Lipinski definition) is 10. The van der Waals surface area contributed by atoms with Gasteiger partial charge in [-0.2, -0.15) is 0 Å². The minimum Gasteiger partial charge on any atom is -0.393 e. The van der Waals surface area contributed by atoms with Crippen LogP contribution < -0.4 is 0 Å². The number of rotatable bonds is 18. The van der Waals surface area contributed by atoms with Crippen LogP contribution in [-0.4, -0.2) is 86.7 Å². The summed E-state index contributed by atoms with van der Waals surface area (Å²) < 4.78 is 33.5. The first-order chi connectivity index (χ1) is 22.5. The Kier molecular flexibility index (Phi) is 35.8. The maximum absolute atomic E-state index is 10.4. The van der Waals surface area contributed by atoms with E-state index in [-0.39, 0.29) is 75.0 Å². The van der Waals surface area contributed by atoms with Crippen molar-refractivity contribution < 1.29 is 72.6 Å². The molecule has 2 rings (SSSR count). The SMILES string of the molecule is CCC(C)O[Si](O)(OC(C)CC)OC(C)CC.CCC(C)O[Si](O)(OC(C)CC)OC(C)CC.OC1CCCCC1.OC1CCCCC1.[Zr]. The molecule has 2 aliphatic carbocycles. The predicted octanol–water partition coefficient (Wildman–Crippen LogP) is 8.34. The molecule has 2 aliphatic rings. The van der Waals surface area contributed by atoms with E-state index in [0.717, 1.165) is 64.2 Å². The molecule has 2 fully saturated rings. The van der Waals surface area contributed by atoms with Gasteiger partial charge in [0.2, 0.25) is 0 Å². The Balaban J connectivity index is -0.000000613. The second-order valence-corrected chi connectivity index (χ2v) is 17.2. The van der Waals surface area contributed by atoms with Gasteiger partial charge in [0.15, 0.2) is 0 Å². The standard InChI is InChI=1S/2C12H28O4Si.2C6H12O.Zr/c2*1-7-10(4)14-17(13,15-11(5)8-2)16-12(6)9-3;2*7-6-4-2-1-3-5-6;/h2*10-13H,7-9H2,1-6H3;2*6-7H,1-5H2;. The van der Waals surface area contributed by atoms with Gasteiger partial charge in [-0.1, -0.05) is 80.1 Å². The van der Waals surface area contributed by atoms with Gasteiger partial charge in [-0.25, -0.2) is 0 Å². The molecule has 49 heavy (non-hydrogen) atoms. The summed E-state index contributed by atoms with van der Waals surface area (Å²) in [7, 11) is -7.00. The average molecular weight is 820 g/mol. The van der Waals surface area contributed by atoms with Crippen LogP contribution >= 0.6 is 0 Å². The Labute approximate surface area is 323 Å². The predicted molar refractivity (Wildman–Crippen MR) is 199 cm³/mol. The molecule has 6 atom stereocenters. The van der Waals surface area contributed by atoms with E-state index in [4.69, 9.17) is 36.8 Å². The van der Waals surface area contributed by atoms with Crippen molar-refractivity contribution >= 4 is 18.1 Å². The first-order valence-corrected chi connectivity index (χ1v) is 22.7. The van der Waals surface area contributed by atoms with Crippen LogP contribution in [0.2, 0.25) is 0 Å². The molecule has 0 aliphatic heterocycles. The van der Waals surface area contributed by atoms with E-state index in [1.807, 2.05) is 83.1 Å². The minimum absolute atomic E-state index is 0. The molecule has 13 heteroatoms. The average Bonchev–Trinajstić information content (AvgIpc) is 3.05. The van der Waals surface area contributed by atoms with E-state index in [1.165, 1.54) is 38.5 Å². The summed E-state index contributed by atoms with van der Waals surface area (Å²) in [4.78, 5) is 20.8. The molecule has 0 aromatic carbocycles. The van der Waals surface area contributed by atoms with Crippen molar-refractivity contribution in [2.24, 2.45) is 0 Å². The largest absolute Gasteiger partial charge is 0.677 e. The van der Waals surface area contributed by atoms with Crippen molar-refractivity contribution in [3.05, 3.63) is 0 Å². The molecular formula is C36H80O10Si2Zr. The Hall–Kier alpha value is 0.917. The molecule has 6 unspecified atom stereocenters. The van der Waals surface area contributed by atoms with E-state index in [2.05, 4.69) is 0 Å². The summed E-state index contributed by atoms with van der Waals surface area (Å²) in [6, 6.07) is 0.